The molecule has 184 valence electrons. The van der Waals surface area contributed by atoms with Crippen molar-refractivity contribution in [3.05, 3.63) is 95.6 Å². The lowest BCUT2D eigenvalue weighted by Gasteiger charge is -2.31. The fourth-order valence-electron chi connectivity index (χ4n) is 3.76. The molecular weight excluding hydrogens is 462 g/mol. The zero-order valence-electron chi connectivity index (χ0n) is 20.4. The Kier molecular flexibility index (Phi) is 8.30. The van der Waals surface area contributed by atoms with Crippen molar-refractivity contribution in [2.75, 3.05) is 17.9 Å². The molecule has 0 aromatic heterocycles. The van der Waals surface area contributed by atoms with Gasteiger partial charge in [-0.1, -0.05) is 65.7 Å². The van der Waals surface area contributed by atoms with E-state index in [0.717, 1.165) is 21.0 Å². The van der Waals surface area contributed by atoms with Crippen molar-refractivity contribution >= 4 is 27.5 Å². The molecule has 1 N–H and O–H groups in total. The van der Waals surface area contributed by atoms with Crippen LogP contribution < -0.4 is 9.62 Å². The summed E-state index contributed by atoms with van der Waals surface area (Å²) in [5.74, 6) is -0.818. The lowest BCUT2D eigenvalue weighted by atomic mass is 10.1. The third-order valence-electron chi connectivity index (χ3n) is 5.78. The number of amides is 2. The first-order chi connectivity index (χ1) is 16.6. The van der Waals surface area contributed by atoms with E-state index in [1.54, 1.807) is 49.4 Å². The molecule has 35 heavy (non-hydrogen) atoms. The molecule has 0 aliphatic rings. The van der Waals surface area contributed by atoms with Gasteiger partial charge in [-0.2, -0.15) is 0 Å². The normalized spacial score (nSPS) is 12.0. The SMILES string of the molecule is CNC(=O)C(C)N(Cc1cccc(C)c1)C(=O)CN(c1ccc(C)cc1)S(=O)(=O)c1ccccc1. The Labute approximate surface area is 207 Å². The van der Waals surface area contributed by atoms with Gasteiger partial charge in [0.05, 0.1) is 10.6 Å². The molecule has 0 heterocycles. The summed E-state index contributed by atoms with van der Waals surface area (Å²) in [4.78, 5) is 27.6. The van der Waals surface area contributed by atoms with Gasteiger partial charge < -0.3 is 10.2 Å². The molecule has 0 saturated heterocycles. The molecule has 3 rings (SSSR count). The molecule has 3 aromatic rings. The van der Waals surface area contributed by atoms with Crippen LogP contribution in [0.4, 0.5) is 5.69 Å². The average Bonchev–Trinajstić information content (AvgIpc) is 2.86. The first-order valence-electron chi connectivity index (χ1n) is 11.3. The number of hydrogen-bond acceptors (Lipinski definition) is 4. The number of likely N-dealkylation sites (N-methyl/N-ethyl adjacent to an activating group) is 1. The maximum Gasteiger partial charge on any atom is 0.264 e. The highest BCUT2D eigenvalue weighted by molar-refractivity contribution is 7.92. The number of nitrogens with zero attached hydrogens (tertiary/aromatic N) is 2. The highest BCUT2D eigenvalue weighted by Gasteiger charge is 2.32. The summed E-state index contributed by atoms with van der Waals surface area (Å²) < 4.78 is 28.3. The second-order valence-electron chi connectivity index (χ2n) is 8.46. The third-order valence-corrected chi connectivity index (χ3v) is 7.57. The zero-order valence-corrected chi connectivity index (χ0v) is 21.2. The van der Waals surface area contributed by atoms with E-state index in [0.29, 0.717) is 5.69 Å². The molecular formula is C27H31N3O4S. The van der Waals surface area contributed by atoms with Crippen LogP contribution >= 0.6 is 0 Å². The van der Waals surface area contributed by atoms with Crippen LogP contribution in [0.5, 0.6) is 0 Å². The quantitative estimate of drug-likeness (QED) is 0.493. The lowest BCUT2D eigenvalue weighted by Crippen LogP contribution is -2.50. The van der Waals surface area contributed by atoms with Crippen molar-refractivity contribution in [3.63, 3.8) is 0 Å². The summed E-state index contributed by atoms with van der Waals surface area (Å²) in [6.45, 7) is 5.20. The lowest BCUT2D eigenvalue weighted by molar-refractivity contribution is -0.139. The molecule has 8 heteroatoms. The summed E-state index contributed by atoms with van der Waals surface area (Å²) in [5, 5.41) is 2.58. The smallest absolute Gasteiger partial charge is 0.264 e. The summed E-state index contributed by atoms with van der Waals surface area (Å²) >= 11 is 0. The van der Waals surface area contributed by atoms with Gasteiger partial charge in [0.15, 0.2) is 0 Å². The Hall–Kier alpha value is -3.65. The molecule has 0 bridgehead atoms. The van der Waals surface area contributed by atoms with Gasteiger partial charge in [-0.25, -0.2) is 8.42 Å². The Balaban J connectivity index is 2.01. The van der Waals surface area contributed by atoms with Crippen molar-refractivity contribution in [3.8, 4) is 0 Å². The molecule has 0 fully saturated rings. The number of aryl methyl sites for hydroxylation is 2. The van der Waals surface area contributed by atoms with Crippen LogP contribution in [0.2, 0.25) is 0 Å². The van der Waals surface area contributed by atoms with Crippen molar-refractivity contribution < 1.29 is 18.0 Å². The van der Waals surface area contributed by atoms with Gasteiger partial charge in [0.25, 0.3) is 10.0 Å². The minimum Gasteiger partial charge on any atom is -0.357 e. The Morgan fingerprint density at radius 2 is 1.54 bits per heavy atom. The molecule has 0 saturated carbocycles. The van der Waals surface area contributed by atoms with Crippen molar-refractivity contribution in [1.29, 1.82) is 0 Å². The maximum absolute atomic E-state index is 13.7. The molecule has 7 nitrogen and oxygen atoms in total. The summed E-state index contributed by atoms with van der Waals surface area (Å²) in [5.41, 5.74) is 3.21. The topological polar surface area (TPSA) is 86.8 Å². The van der Waals surface area contributed by atoms with E-state index in [9.17, 15) is 18.0 Å². The molecule has 0 aliphatic heterocycles. The first kappa shape index (κ1) is 26.0. The number of anilines is 1. The van der Waals surface area contributed by atoms with Crippen molar-refractivity contribution in [1.82, 2.24) is 10.2 Å². The zero-order chi connectivity index (χ0) is 25.6. The number of rotatable bonds is 9. The first-order valence-corrected chi connectivity index (χ1v) is 12.8. The highest BCUT2D eigenvalue weighted by atomic mass is 32.2. The second kappa shape index (κ2) is 11.2. The molecule has 3 aromatic carbocycles. The summed E-state index contributed by atoms with van der Waals surface area (Å²) in [7, 11) is -2.53. The Morgan fingerprint density at radius 1 is 0.886 bits per heavy atom. The van der Waals surface area contributed by atoms with Gasteiger partial charge in [0.2, 0.25) is 11.8 Å². The molecule has 1 unspecified atom stereocenters. The number of nitrogens with one attached hydrogen (secondary N) is 1. The molecule has 1 atom stereocenters. The predicted molar refractivity (Wildman–Crippen MR) is 137 cm³/mol. The van der Waals surface area contributed by atoms with E-state index in [1.807, 2.05) is 38.1 Å². The number of carbonyl (C=O) groups is 2. The monoisotopic (exact) mass is 493 g/mol. The van der Waals surface area contributed by atoms with Crippen LogP contribution in [-0.2, 0) is 26.2 Å². The summed E-state index contributed by atoms with van der Waals surface area (Å²) in [6, 6.07) is 21.8. The minimum absolute atomic E-state index is 0.0814. The van der Waals surface area contributed by atoms with Gasteiger partial charge in [0.1, 0.15) is 12.6 Å². The van der Waals surface area contributed by atoms with E-state index < -0.39 is 28.5 Å². The molecule has 0 aliphatic carbocycles. The largest absolute Gasteiger partial charge is 0.357 e. The number of hydrogen-bond donors (Lipinski definition) is 1. The fourth-order valence-corrected chi connectivity index (χ4v) is 5.19. The Morgan fingerprint density at radius 3 is 2.14 bits per heavy atom. The summed E-state index contributed by atoms with van der Waals surface area (Å²) in [6.07, 6.45) is 0. The van der Waals surface area contributed by atoms with Crippen LogP contribution in [0, 0.1) is 13.8 Å². The predicted octanol–water partition coefficient (Wildman–Crippen LogP) is 3.66. The van der Waals surface area contributed by atoms with E-state index in [4.69, 9.17) is 0 Å². The van der Waals surface area contributed by atoms with Crippen LogP contribution in [0.15, 0.2) is 83.8 Å². The Bertz CT molecular complexity index is 1280. The highest BCUT2D eigenvalue weighted by Crippen LogP contribution is 2.25. The van der Waals surface area contributed by atoms with Gasteiger partial charge in [0, 0.05) is 13.6 Å². The number of carbonyl (C=O) groups excluding carboxylic acids is 2. The molecule has 2 amide bonds. The van der Waals surface area contributed by atoms with Gasteiger partial charge in [-0.05, 0) is 50.6 Å². The van der Waals surface area contributed by atoms with E-state index in [1.165, 1.54) is 24.1 Å². The third kappa shape index (κ3) is 6.27. The van der Waals surface area contributed by atoms with E-state index in [2.05, 4.69) is 5.32 Å². The van der Waals surface area contributed by atoms with E-state index in [-0.39, 0.29) is 17.3 Å². The van der Waals surface area contributed by atoms with Crippen molar-refractivity contribution in [2.24, 2.45) is 0 Å². The second-order valence-corrected chi connectivity index (χ2v) is 10.3. The van der Waals surface area contributed by atoms with Gasteiger partial charge >= 0.3 is 0 Å². The average molecular weight is 494 g/mol. The standard InChI is InChI=1S/C27H31N3O4S/c1-20-13-15-24(16-14-20)30(35(33,34)25-11-6-5-7-12-25)19-26(31)29(22(3)27(32)28-4)18-23-10-8-9-21(2)17-23/h5-17,22H,18-19H2,1-4H3,(H,28,32). The minimum atomic E-state index is -4.04. The number of sulfonamides is 1. The van der Waals surface area contributed by atoms with Crippen molar-refractivity contribution in [2.45, 2.75) is 38.3 Å². The van der Waals surface area contributed by atoms with Crippen LogP contribution in [0.1, 0.15) is 23.6 Å². The maximum atomic E-state index is 13.7. The fraction of sp³-hybridized carbons (Fsp3) is 0.259. The molecule has 0 spiro atoms. The van der Waals surface area contributed by atoms with Crippen LogP contribution in [0.25, 0.3) is 0 Å². The number of benzene rings is 3. The van der Waals surface area contributed by atoms with Crippen LogP contribution in [-0.4, -0.2) is 44.8 Å². The van der Waals surface area contributed by atoms with Gasteiger partial charge in [-0.15, -0.1) is 0 Å². The van der Waals surface area contributed by atoms with Gasteiger partial charge in [-0.3, -0.25) is 13.9 Å². The molecule has 0 radical (unpaired) electrons. The van der Waals surface area contributed by atoms with E-state index >= 15 is 0 Å². The van der Waals surface area contributed by atoms with Crippen LogP contribution in [0.3, 0.4) is 0 Å².